The van der Waals surface area contributed by atoms with Gasteiger partial charge in [0.25, 0.3) is 0 Å². The minimum absolute atomic E-state index is 0.0276. The van der Waals surface area contributed by atoms with Crippen LogP contribution >= 0.6 is 11.6 Å². The molecule has 2 aromatic rings. The number of nitrogens with two attached hydrogens (primary N) is 1. The molecule has 0 aliphatic rings. The van der Waals surface area contributed by atoms with Gasteiger partial charge in [0.1, 0.15) is 0 Å². The van der Waals surface area contributed by atoms with Crippen molar-refractivity contribution in [1.29, 1.82) is 0 Å². The third kappa shape index (κ3) is 6.12. The van der Waals surface area contributed by atoms with Crippen LogP contribution < -0.4 is 15.8 Å². The predicted octanol–water partition coefficient (Wildman–Crippen LogP) is 3.37. The number of benzene rings is 2. The van der Waals surface area contributed by atoms with Gasteiger partial charge in [-0.2, -0.15) is 13.2 Å². The second-order valence-corrected chi connectivity index (χ2v) is 7.48. The SMILES string of the molecule is NS(=O)(=O)c1ccc(CCNC(=O)Nc2ccc(Cl)c(C(F)(F)F)c2)cc1. The Labute approximate surface area is 158 Å². The van der Waals surface area contributed by atoms with Gasteiger partial charge in [-0.05, 0) is 42.3 Å². The van der Waals surface area contributed by atoms with Crippen LogP contribution in [-0.4, -0.2) is 21.0 Å². The molecule has 146 valence electrons. The number of amides is 2. The van der Waals surface area contributed by atoms with Crippen molar-refractivity contribution in [2.24, 2.45) is 5.14 Å². The predicted molar refractivity (Wildman–Crippen MR) is 95.0 cm³/mol. The topological polar surface area (TPSA) is 101 Å². The van der Waals surface area contributed by atoms with Crippen molar-refractivity contribution >= 4 is 33.3 Å². The van der Waals surface area contributed by atoms with Crippen molar-refractivity contribution < 1.29 is 26.4 Å². The number of sulfonamides is 1. The number of halogens is 4. The van der Waals surface area contributed by atoms with Gasteiger partial charge in [0.2, 0.25) is 10.0 Å². The van der Waals surface area contributed by atoms with E-state index in [1.807, 2.05) is 0 Å². The summed E-state index contributed by atoms with van der Waals surface area (Å²) in [6.07, 6.45) is -4.25. The first-order chi connectivity index (χ1) is 12.5. The Morgan fingerprint density at radius 1 is 1.11 bits per heavy atom. The zero-order valence-corrected chi connectivity index (χ0v) is 15.3. The van der Waals surface area contributed by atoms with Crippen LogP contribution in [0.5, 0.6) is 0 Å². The van der Waals surface area contributed by atoms with Gasteiger partial charge in [-0.3, -0.25) is 0 Å². The lowest BCUT2D eigenvalue weighted by molar-refractivity contribution is -0.137. The molecule has 0 saturated carbocycles. The van der Waals surface area contributed by atoms with Gasteiger partial charge < -0.3 is 10.6 Å². The zero-order valence-electron chi connectivity index (χ0n) is 13.7. The van der Waals surface area contributed by atoms with Crippen LogP contribution in [0.15, 0.2) is 47.4 Å². The van der Waals surface area contributed by atoms with Gasteiger partial charge in [-0.25, -0.2) is 18.4 Å². The number of alkyl halides is 3. The number of carbonyl (C=O) groups is 1. The standard InChI is InChI=1S/C16H15ClF3N3O3S/c17-14-6-3-11(9-13(14)16(18,19)20)23-15(24)22-8-7-10-1-4-12(5-2-10)27(21,25)26/h1-6,9H,7-8H2,(H2,21,25,26)(H2,22,23,24). The van der Waals surface area contributed by atoms with E-state index in [0.29, 0.717) is 6.42 Å². The molecular weight excluding hydrogens is 407 g/mol. The lowest BCUT2D eigenvalue weighted by Crippen LogP contribution is -2.30. The van der Waals surface area contributed by atoms with E-state index in [-0.39, 0.29) is 17.1 Å². The van der Waals surface area contributed by atoms with E-state index < -0.39 is 32.8 Å². The summed E-state index contributed by atoms with van der Waals surface area (Å²) < 4.78 is 60.7. The fourth-order valence-corrected chi connectivity index (χ4v) is 2.90. The molecule has 0 aliphatic heterocycles. The molecule has 27 heavy (non-hydrogen) atoms. The van der Waals surface area contributed by atoms with Crippen LogP contribution in [0.25, 0.3) is 0 Å². The van der Waals surface area contributed by atoms with E-state index in [1.54, 1.807) is 12.1 Å². The maximum atomic E-state index is 12.8. The van der Waals surface area contributed by atoms with E-state index in [9.17, 15) is 26.4 Å². The second-order valence-electron chi connectivity index (χ2n) is 5.51. The number of hydrogen-bond acceptors (Lipinski definition) is 3. The Hall–Kier alpha value is -2.30. The van der Waals surface area contributed by atoms with Crippen LogP contribution in [0.3, 0.4) is 0 Å². The summed E-state index contributed by atoms with van der Waals surface area (Å²) in [4.78, 5) is 11.8. The highest BCUT2D eigenvalue weighted by Crippen LogP contribution is 2.36. The molecule has 0 heterocycles. The highest BCUT2D eigenvalue weighted by Gasteiger charge is 2.33. The van der Waals surface area contributed by atoms with Gasteiger partial charge in [-0.15, -0.1) is 0 Å². The minimum Gasteiger partial charge on any atom is -0.338 e. The number of carbonyl (C=O) groups excluding carboxylic acids is 1. The quantitative estimate of drug-likeness (QED) is 0.689. The van der Waals surface area contributed by atoms with Crippen LogP contribution in [-0.2, 0) is 22.6 Å². The average molecular weight is 422 g/mol. The Bertz CT molecular complexity index is 932. The van der Waals surface area contributed by atoms with Gasteiger partial charge in [-0.1, -0.05) is 23.7 Å². The Morgan fingerprint density at radius 3 is 2.30 bits per heavy atom. The summed E-state index contributed by atoms with van der Waals surface area (Å²) in [5.41, 5.74) is -0.354. The first kappa shape index (κ1) is 21.0. The van der Waals surface area contributed by atoms with Crippen LogP contribution in [0.4, 0.5) is 23.7 Å². The molecule has 0 radical (unpaired) electrons. The number of anilines is 1. The highest BCUT2D eigenvalue weighted by molar-refractivity contribution is 7.89. The molecule has 0 aromatic heterocycles. The van der Waals surface area contributed by atoms with Crippen LogP contribution in [0, 0.1) is 0 Å². The molecule has 0 atom stereocenters. The van der Waals surface area contributed by atoms with Crippen molar-refractivity contribution in [2.45, 2.75) is 17.5 Å². The summed E-state index contributed by atoms with van der Waals surface area (Å²) in [6.45, 7) is 0.181. The molecule has 2 rings (SSSR count). The summed E-state index contributed by atoms with van der Waals surface area (Å²) in [5, 5.41) is 9.32. The Balaban J connectivity index is 1.90. The molecule has 6 nitrogen and oxygen atoms in total. The molecule has 0 fully saturated rings. The van der Waals surface area contributed by atoms with Crippen molar-refractivity contribution in [2.75, 3.05) is 11.9 Å². The lowest BCUT2D eigenvalue weighted by Gasteiger charge is -2.12. The summed E-state index contributed by atoms with van der Waals surface area (Å²) >= 11 is 5.51. The molecule has 0 unspecified atom stereocenters. The molecule has 0 aliphatic carbocycles. The normalized spacial score (nSPS) is 11.9. The van der Waals surface area contributed by atoms with Crippen molar-refractivity contribution in [3.05, 3.63) is 58.6 Å². The van der Waals surface area contributed by atoms with Gasteiger partial charge in [0.15, 0.2) is 0 Å². The number of urea groups is 1. The number of hydrogen-bond donors (Lipinski definition) is 3. The van der Waals surface area contributed by atoms with Gasteiger partial charge in [0, 0.05) is 12.2 Å². The third-order valence-corrected chi connectivity index (χ3v) is 4.74. The fourth-order valence-electron chi connectivity index (χ4n) is 2.16. The summed E-state index contributed by atoms with van der Waals surface area (Å²) in [6, 6.07) is 8.15. The number of nitrogens with one attached hydrogen (secondary N) is 2. The Kier molecular flexibility index (Phi) is 6.34. The molecule has 2 aromatic carbocycles. The molecule has 11 heteroatoms. The van der Waals surface area contributed by atoms with E-state index in [0.717, 1.165) is 17.7 Å². The average Bonchev–Trinajstić information content (AvgIpc) is 2.55. The monoisotopic (exact) mass is 421 g/mol. The zero-order chi connectivity index (χ0) is 20.2. The first-order valence-electron chi connectivity index (χ1n) is 7.50. The molecule has 0 bridgehead atoms. The highest BCUT2D eigenvalue weighted by atomic mass is 35.5. The molecule has 0 saturated heterocycles. The number of rotatable bonds is 5. The van der Waals surface area contributed by atoms with E-state index in [2.05, 4.69) is 10.6 Å². The van der Waals surface area contributed by atoms with E-state index in [4.69, 9.17) is 16.7 Å². The van der Waals surface area contributed by atoms with Crippen LogP contribution in [0.2, 0.25) is 5.02 Å². The summed E-state index contributed by atoms with van der Waals surface area (Å²) in [5.74, 6) is 0. The fraction of sp³-hybridized carbons (Fsp3) is 0.188. The second kappa shape index (κ2) is 8.15. The molecule has 0 spiro atoms. The van der Waals surface area contributed by atoms with Crippen molar-refractivity contribution in [3.8, 4) is 0 Å². The molecular formula is C16H15ClF3N3O3S. The van der Waals surface area contributed by atoms with E-state index >= 15 is 0 Å². The maximum Gasteiger partial charge on any atom is 0.417 e. The minimum atomic E-state index is -4.63. The van der Waals surface area contributed by atoms with Crippen molar-refractivity contribution in [1.82, 2.24) is 5.32 Å². The largest absolute Gasteiger partial charge is 0.417 e. The van der Waals surface area contributed by atoms with Crippen molar-refractivity contribution in [3.63, 3.8) is 0 Å². The smallest absolute Gasteiger partial charge is 0.338 e. The maximum absolute atomic E-state index is 12.8. The first-order valence-corrected chi connectivity index (χ1v) is 9.42. The Morgan fingerprint density at radius 2 is 1.74 bits per heavy atom. The molecule has 2 amide bonds. The lowest BCUT2D eigenvalue weighted by atomic mass is 10.1. The summed E-state index contributed by atoms with van der Waals surface area (Å²) in [7, 11) is -3.77. The molecule has 4 N–H and O–H groups in total. The van der Waals surface area contributed by atoms with Crippen LogP contribution in [0.1, 0.15) is 11.1 Å². The number of primary sulfonamides is 1. The van der Waals surface area contributed by atoms with Gasteiger partial charge in [0.05, 0.1) is 15.5 Å². The van der Waals surface area contributed by atoms with Gasteiger partial charge >= 0.3 is 12.2 Å². The third-order valence-electron chi connectivity index (χ3n) is 3.48. The van der Waals surface area contributed by atoms with E-state index in [1.165, 1.54) is 18.2 Å².